The minimum atomic E-state index is -3.93. The predicted molar refractivity (Wildman–Crippen MR) is 63.1 cm³/mol. The molecule has 2 N–H and O–H groups in total. The van der Waals surface area contributed by atoms with E-state index in [0.29, 0.717) is 9.47 Å². The molecule has 0 atom stereocenters. The van der Waals surface area contributed by atoms with E-state index in [9.17, 15) is 13.2 Å². The molecule has 0 aliphatic rings. The molecule has 79 valence electrons. The van der Waals surface area contributed by atoms with Crippen molar-refractivity contribution in [3.05, 3.63) is 0 Å². The molecule has 9 heteroatoms. The molecular formula is C4H9I2NO4SV. The van der Waals surface area contributed by atoms with Crippen LogP contribution in [0, 0.1) is 0 Å². The van der Waals surface area contributed by atoms with Crippen LogP contribution in [0.2, 0.25) is 0 Å². The number of nitrogens with one attached hydrogen (secondary N) is 1. The Morgan fingerprint density at radius 3 is 2.15 bits per heavy atom. The van der Waals surface area contributed by atoms with Crippen LogP contribution in [0.25, 0.3) is 0 Å². The second-order valence-corrected chi connectivity index (χ2v) is 15.2. The Morgan fingerprint density at radius 2 is 1.92 bits per heavy atom. The second kappa shape index (κ2) is 9.96. The molecule has 0 rings (SSSR count). The molecule has 13 heavy (non-hydrogen) atoms. The first kappa shape index (κ1) is 16.8. The van der Waals surface area contributed by atoms with Crippen molar-refractivity contribution in [3.63, 3.8) is 0 Å². The topological polar surface area (TPSA) is 83.5 Å². The van der Waals surface area contributed by atoms with Gasteiger partial charge in [-0.3, -0.25) is 9.35 Å². The first-order valence-electron chi connectivity index (χ1n) is 2.95. The van der Waals surface area contributed by atoms with E-state index in [1.165, 1.54) is 6.92 Å². The van der Waals surface area contributed by atoms with Crippen LogP contribution in [0.1, 0.15) is 6.92 Å². The molecule has 0 heterocycles. The van der Waals surface area contributed by atoms with Gasteiger partial charge < -0.3 is 5.32 Å². The fourth-order valence-corrected chi connectivity index (χ4v) is 0.716. The van der Waals surface area contributed by atoms with Crippen molar-refractivity contribution in [1.82, 2.24) is 5.32 Å². The van der Waals surface area contributed by atoms with E-state index in [0.717, 1.165) is 0 Å². The van der Waals surface area contributed by atoms with E-state index >= 15 is 0 Å². The van der Waals surface area contributed by atoms with Gasteiger partial charge in [-0.05, 0) is 0 Å². The quantitative estimate of drug-likeness (QED) is 0.471. The number of rotatable bonds is 3. The number of amides is 1. The number of hydrogen-bond acceptors (Lipinski definition) is 3. The van der Waals surface area contributed by atoms with E-state index in [2.05, 4.69) is 45.3 Å². The van der Waals surface area contributed by atoms with Crippen molar-refractivity contribution >= 4 is 56.0 Å². The van der Waals surface area contributed by atoms with Gasteiger partial charge in [0, 0.05) is 13.5 Å². The van der Waals surface area contributed by atoms with Gasteiger partial charge in [0.15, 0.2) is 0 Å². The number of carbonyl (C=O) groups excluding carboxylic acids is 1. The third kappa shape index (κ3) is 24.7. The summed E-state index contributed by atoms with van der Waals surface area (Å²) >= 11 is 4.74. The molecule has 0 saturated heterocycles. The van der Waals surface area contributed by atoms with Crippen LogP contribution in [0.4, 0.5) is 0 Å². The van der Waals surface area contributed by atoms with E-state index < -0.39 is 15.9 Å². The summed E-state index contributed by atoms with van der Waals surface area (Å²) in [5, 5.41) is 2.22. The van der Waals surface area contributed by atoms with E-state index in [4.69, 9.17) is 4.55 Å². The average molecular weight is 472 g/mol. The number of hydrogen-bond donors (Lipinski definition) is 2. The molecule has 0 saturated carbocycles. The van der Waals surface area contributed by atoms with Crippen molar-refractivity contribution in [2.75, 3.05) is 12.3 Å². The molecule has 0 aromatic heterocycles. The zero-order chi connectivity index (χ0) is 10.9. The average Bonchev–Trinajstić information content (AvgIpc) is 1.84. The summed E-state index contributed by atoms with van der Waals surface area (Å²) in [6, 6.07) is 0. The van der Waals surface area contributed by atoms with Crippen molar-refractivity contribution in [2.45, 2.75) is 6.92 Å². The number of halogens is 2. The van der Waals surface area contributed by atoms with Gasteiger partial charge in [-0.2, -0.15) is 8.42 Å². The molecule has 0 spiro atoms. The number of carbonyl (C=O) groups is 1. The molecule has 5 nitrogen and oxygen atoms in total. The SMILES string of the molecule is CC(=O)NCCS(=O)(=O)O.[I][V][I]. The molecule has 0 radical (unpaired) electrons. The van der Waals surface area contributed by atoms with Crippen LogP contribution in [0.3, 0.4) is 0 Å². The third-order valence-corrected chi connectivity index (χ3v) is 1.45. The Labute approximate surface area is 106 Å². The normalized spacial score (nSPS) is 9.54. The summed E-state index contributed by atoms with van der Waals surface area (Å²) < 4.78 is 28.2. The molecule has 0 unspecified atom stereocenters. The van der Waals surface area contributed by atoms with Gasteiger partial charge in [0.05, 0.1) is 5.75 Å². The maximum absolute atomic E-state index is 10.1. The summed E-state index contributed by atoms with van der Waals surface area (Å²) in [6.07, 6.45) is 0. The summed E-state index contributed by atoms with van der Waals surface area (Å²) in [5.74, 6) is -0.754. The Hall–Kier alpha value is 1.42. The fourth-order valence-electron chi connectivity index (χ4n) is 0.356. The van der Waals surface area contributed by atoms with Gasteiger partial charge in [0.2, 0.25) is 5.91 Å². The molecular weight excluding hydrogens is 463 g/mol. The molecule has 0 bridgehead atoms. The van der Waals surface area contributed by atoms with Gasteiger partial charge in [-0.25, -0.2) is 0 Å². The molecule has 0 aliphatic heterocycles. The minimum absolute atomic E-state index is 0.0475. The second-order valence-electron chi connectivity index (χ2n) is 1.83. The summed E-state index contributed by atoms with van der Waals surface area (Å²) in [6.45, 7) is 1.22. The van der Waals surface area contributed by atoms with Crippen LogP contribution < -0.4 is 5.32 Å². The van der Waals surface area contributed by atoms with Crippen LogP contribution >= 0.6 is 40.0 Å². The molecule has 0 aromatic carbocycles. The van der Waals surface area contributed by atoms with Crippen LogP contribution in [-0.2, 0) is 24.4 Å². The predicted octanol–water partition coefficient (Wildman–Crippen LogP) is 0.779. The van der Waals surface area contributed by atoms with Crippen molar-refractivity contribution in [2.24, 2.45) is 0 Å². The Kier molecular flexibility index (Phi) is 12.9. The first-order chi connectivity index (χ1) is 5.83. The summed E-state index contributed by atoms with van der Waals surface area (Å²) in [7, 11) is -3.31. The van der Waals surface area contributed by atoms with Crippen molar-refractivity contribution in [3.8, 4) is 0 Å². The maximum atomic E-state index is 10.1. The summed E-state index contributed by atoms with van der Waals surface area (Å²) in [5.41, 5.74) is 0. The van der Waals surface area contributed by atoms with Crippen LogP contribution in [0.5, 0.6) is 0 Å². The standard InChI is InChI=1S/C4H9NO4S.2HI.V/c1-4(6)5-2-3-10(7,8)9;;;/h2-3H2,1H3,(H,5,6)(H,7,8,9);2*1H;/q;;;+2/p-2. The van der Waals surface area contributed by atoms with E-state index in [1.807, 2.05) is 0 Å². The zero-order valence-corrected chi connectivity index (χ0v) is 13.2. The molecule has 0 fully saturated rings. The van der Waals surface area contributed by atoms with Crippen LogP contribution in [-0.4, -0.2) is 31.2 Å². The Bertz CT molecular complexity index is 232. The van der Waals surface area contributed by atoms with Gasteiger partial charge in [0.25, 0.3) is 10.1 Å². The van der Waals surface area contributed by atoms with Gasteiger partial charge >= 0.3 is 49.4 Å². The molecule has 1 amide bonds. The molecule has 0 aliphatic carbocycles. The van der Waals surface area contributed by atoms with E-state index in [-0.39, 0.29) is 12.5 Å². The monoisotopic (exact) mass is 472 g/mol. The Morgan fingerprint density at radius 1 is 1.54 bits per heavy atom. The Balaban J connectivity index is 0. The third-order valence-electron chi connectivity index (χ3n) is 0.734. The van der Waals surface area contributed by atoms with Gasteiger partial charge in [-0.15, -0.1) is 0 Å². The van der Waals surface area contributed by atoms with Gasteiger partial charge in [-0.1, -0.05) is 0 Å². The molecule has 0 aromatic rings. The van der Waals surface area contributed by atoms with E-state index in [1.54, 1.807) is 0 Å². The van der Waals surface area contributed by atoms with Crippen molar-refractivity contribution in [1.29, 1.82) is 0 Å². The van der Waals surface area contributed by atoms with Gasteiger partial charge in [0.1, 0.15) is 0 Å². The first-order valence-corrected chi connectivity index (χ1v) is 13.6. The summed E-state index contributed by atoms with van der Waals surface area (Å²) in [4.78, 5) is 10.1. The zero-order valence-electron chi connectivity index (χ0n) is 6.70. The van der Waals surface area contributed by atoms with Crippen LogP contribution in [0.15, 0.2) is 0 Å². The van der Waals surface area contributed by atoms with Crippen molar-refractivity contribution < 1.29 is 27.2 Å². The fraction of sp³-hybridized carbons (Fsp3) is 0.750.